The van der Waals surface area contributed by atoms with E-state index in [1.807, 2.05) is 0 Å². The first-order valence-electron chi connectivity index (χ1n) is 8.68. The number of carbonyl (C=O) groups excluding carboxylic acids is 1. The molecule has 2 aromatic carbocycles. The highest BCUT2D eigenvalue weighted by Crippen LogP contribution is 2.27. The maximum atomic E-state index is 12.3. The summed E-state index contributed by atoms with van der Waals surface area (Å²) >= 11 is 0. The van der Waals surface area contributed by atoms with Crippen LogP contribution in [0.1, 0.15) is 16.1 Å². The van der Waals surface area contributed by atoms with E-state index in [1.165, 1.54) is 30.5 Å². The van der Waals surface area contributed by atoms with E-state index in [1.54, 1.807) is 30.3 Å². The fraction of sp³-hybridized carbons (Fsp3) is 0.100. The molecule has 154 valence electrons. The van der Waals surface area contributed by atoms with E-state index < -0.39 is 12.3 Å². The maximum absolute atomic E-state index is 12.3. The predicted octanol–water partition coefficient (Wildman–Crippen LogP) is 4.89. The summed E-state index contributed by atoms with van der Waals surface area (Å²) in [5.41, 5.74) is 1.12. The molecule has 0 spiro atoms. The molecule has 0 atom stereocenters. The zero-order valence-electron chi connectivity index (χ0n) is 15.2. The second-order valence-electron chi connectivity index (χ2n) is 6.19. The van der Waals surface area contributed by atoms with Gasteiger partial charge in [0, 0.05) is 11.5 Å². The van der Waals surface area contributed by atoms with Gasteiger partial charge in [0.25, 0.3) is 5.91 Å². The highest BCUT2D eigenvalue weighted by molar-refractivity contribution is 6.06. The normalized spacial score (nSPS) is 11.4. The van der Waals surface area contributed by atoms with Crippen molar-refractivity contribution in [2.75, 3.05) is 5.32 Å². The Labute approximate surface area is 167 Å². The van der Waals surface area contributed by atoms with Crippen LogP contribution in [0.25, 0.3) is 10.9 Å². The van der Waals surface area contributed by atoms with E-state index in [4.69, 9.17) is 9.15 Å². The summed E-state index contributed by atoms with van der Waals surface area (Å²) in [6.45, 7) is 0.0385. The van der Waals surface area contributed by atoms with Crippen molar-refractivity contribution in [3.8, 4) is 11.5 Å². The summed E-state index contributed by atoms with van der Waals surface area (Å²) in [5.74, 6) is 0.203. The standard InChI is InChI=1S/C20H14F3N3O4/c21-20(22,23)30-14-4-1-3-12(9-14)11-29-13-6-7-15-16(10-13)25-26-18(15)24-19(27)17-5-2-8-28-17/h1-10H,11H2,(H2,24,25,26,27). The molecule has 0 bridgehead atoms. The topological polar surface area (TPSA) is 89.4 Å². The van der Waals surface area contributed by atoms with E-state index in [0.717, 1.165) is 0 Å². The minimum atomic E-state index is -4.75. The summed E-state index contributed by atoms with van der Waals surface area (Å²) < 4.78 is 51.6. The van der Waals surface area contributed by atoms with Gasteiger partial charge in [-0.3, -0.25) is 9.89 Å². The van der Waals surface area contributed by atoms with Crippen LogP contribution in [0.5, 0.6) is 11.5 Å². The summed E-state index contributed by atoms with van der Waals surface area (Å²) in [4.78, 5) is 12.1. The van der Waals surface area contributed by atoms with Crippen LogP contribution >= 0.6 is 0 Å². The van der Waals surface area contributed by atoms with Crippen molar-refractivity contribution >= 4 is 22.6 Å². The first-order valence-corrected chi connectivity index (χ1v) is 8.68. The van der Waals surface area contributed by atoms with Crippen molar-refractivity contribution in [3.05, 3.63) is 72.2 Å². The number of ether oxygens (including phenoxy) is 2. The van der Waals surface area contributed by atoms with Crippen LogP contribution in [-0.2, 0) is 6.61 Å². The molecule has 7 nitrogen and oxygen atoms in total. The van der Waals surface area contributed by atoms with Crippen molar-refractivity contribution in [3.63, 3.8) is 0 Å². The number of alkyl halides is 3. The molecule has 0 radical (unpaired) electrons. The molecular weight excluding hydrogens is 403 g/mol. The summed E-state index contributed by atoms with van der Waals surface area (Å²) in [6, 6.07) is 13.7. The summed E-state index contributed by atoms with van der Waals surface area (Å²) in [5, 5.41) is 10.2. The zero-order valence-corrected chi connectivity index (χ0v) is 15.2. The van der Waals surface area contributed by atoms with Crippen molar-refractivity contribution in [1.82, 2.24) is 10.2 Å². The van der Waals surface area contributed by atoms with E-state index in [9.17, 15) is 18.0 Å². The van der Waals surface area contributed by atoms with Crippen LogP contribution in [0.15, 0.2) is 65.3 Å². The Hall–Kier alpha value is -3.95. The van der Waals surface area contributed by atoms with Crippen LogP contribution in [0, 0.1) is 0 Å². The fourth-order valence-corrected chi connectivity index (χ4v) is 2.76. The van der Waals surface area contributed by atoms with Gasteiger partial charge in [-0.25, -0.2) is 0 Å². The molecule has 0 saturated carbocycles. The van der Waals surface area contributed by atoms with Gasteiger partial charge in [0.2, 0.25) is 0 Å². The van der Waals surface area contributed by atoms with Crippen molar-refractivity contribution < 1.29 is 31.9 Å². The van der Waals surface area contributed by atoms with E-state index >= 15 is 0 Å². The van der Waals surface area contributed by atoms with Crippen molar-refractivity contribution in [1.29, 1.82) is 0 Å². The third-order valence-electron chi connectivity index (χ3n) is 4.05. The number of nitrogens with zero attached hydrogens (tertiary/aromatic N) is 1. The van der Waals surface area contributed by atoms with Crippen LogP contribution in [0.3, 0.4) is 0 Å². The van der Waals surface area contributed by atoms with Gasteiger partial charge >= 0.3 is 6.36 Å². The molecule has 0 saturated heterocycles. The molecule has 10 heteroatoms. The molecule has 1 amide bonds. The average molecular weight is 417 g/mol. The Kier molecular flexibility index (Phi) is 5.05. The lowest BCUT2D eigenvalue weighted by Crippen LogP contribution is -2.17. The SMILES string of the molecule is O=C(Nc1n[nH]c2cc(OCc3cccc(OC(F)(F)F)c3)ccc12)c1ccco1. The molecule has 2 aromatic heterocycles. The van der Waals surface area contributed by atoms with Gasteiger partial charge in [-0.2, -0.15) is 5.10 Å². The molecule has 0 unspecified atom stereocenters. The second-order valence-corrected chi connectivity index (χ2v) is 6.19. The Morgan fingerprint density at radius 1 is 1.10 bits per heavy atom. The number of halogens is 3. The number of aromatic nitrogens is 2. The predicted molar refractivity (Wildman–Crippen MR) is 100 cm³/mol. The van der Waals surface area contributed by atoms with Crippen LogP contribution < -0.4 is 14.8 Å². The van der Waals surface area contributed by atoms with Crippen molar-refractivity contribution in [2.45, 2.75) is 13.0 Å². The number of rotatable bonds is 6. The molecule has 0 aliphatic heterocycles. The Morgan fingerprint density at radius 3 is 2.73 bits per heavy atom. The number of amides is 1. The first-order chi connectivity index (χ1) is 14.4. The highest BCUT2D eigenvalue weighted by Gasteiger charge is 2.31. The number of hydrogen-bond acceptors (Lipinski definition) is 5. The van der Waals surface area contributed by atoms with Gasteiger partial charge in [-0.15, -0.1) is 13.2 Å². The Balaban J connectivity index is 1.43. The third-order valence-corrected chi connectivity index (χ3v) is 4.05. The van der Waals surface area contributed by atoms with E-state index in [2.05, 4.69) is 20.3 Å². The minimum absolute atomic E-state index is 0.0385. The van der Waals surface area contributed by atoms with Gasteiger partial charge in [0.05, 0.1) is 11.8 Å². The number of H-pyrrole nitrogens is 1. The number of hydrogen-bond donors (Lipinski definition) is 2. The number of carbonyl (C=O) groups is 1. The average Bonchev–Trinajstić information content (AvgIpc) is 3.36. The molecule has 0 aliphatic rings. The van der Waals surface area contributed by atoms with Crippen LogP contribution in [0.2, 0.25) is 0 Å². The molecule has 4 aromatic rings. The summed E-state index contributed by atoms with van der Waals surface area (Å²) in [6.07, 6.45) is -3.36. The third kappa shape index (κ3) is 4.54. The smallest absolute Gasteiger partial charge is 0.489 e. The Bertz CT molecular complexity index is 1170. The van der Waals surface area contributed by atoms with Crippen LogP contribution in [0.4, 0.5) is 19.0 Å². The number of furan rings is 1. The van der Waals surface area contributed by atoms with Gasteiger partial charge < -0.3 is 19.2 Å². The number of fused-ring (bicyclic) bond motifs is 1. The fourth-order valence-electron chi connectivity index (χ4n) is 2.76. The summed E-state index contributed by atoms with van der Waals surface area (Å²) in [7, 11) is 0. The highest BCUT2D eigenvalue weighted by atomic mass is 19.4. The Morgan fingerprint density at radius 2 is 1.97 bits per heavy atom. The molecular formula is C20H14F3N3O4. The number of aromatic amines is 1. The molecule has 0 fully saturated rings. The van der Waals surface area contributed by atoms with Gasteiger partial charge in [0.15, 0.2) is 11.6 Å². The van der Waals surface area contributed by atoms with E-state index in [0.29, 0.717) is 28.0 Å². The minimum Gasteiger partial charge on any atom is -0.489 e. The van der Waals surface area contributed by atoms with Gasteiger partial charge in [-0.1, -0.05) is 12.1 Å². The number of benzene rings is 2. The number of nitrogens with one attached hydrogen (secondary N) is 2. The molecule has 30 heavy (non-hydrogen) atoms. The molecule has 4 rings (SSSR count). The monoisotopic (exact) mass is 417 g/mol. The zero-order chi connectivity index (χ0) is 21.1. The first kappa shape index (κ1) is 19.4. The largest absolute Gasteiger partial charge is 0.573 e. The van der Waals surface area contributed by atoms with Gasteiger partial charge in [-0.05, 0) is 42.0 Å². The van der Waals surface area contributed by atoms with Crippen LogP contribution in [-0.4, -0.2) is 22.5 Å². The quantitative estimate of drug-likeness (QED) is 0.467. The van der Waals surface area contributed by atoms with Crippen molar-refractivity contribution in [2.24, 2.45) is 0 Å². The lowest BCUT2D eigenvalue weighted by Gasteiger charge is -2.11. The van der Waals surface area contributed by atoms with Gasteiger partial charge in [0.1, 0.15) is 18.1 Å². The van der Waals surface area contributed by atoms with E-state index in [-0.39, 0.29) is 18.1 Å². The molecule has 2 heterocycles. The maximum Gasteiger partial charge on any atom is 0.573 e. The lowest BCUT2D eigenvalue weighted by molar-refractivity contribution is -0.274. The lowest BCUT2D eigenvalue weighted by atomic mass is 10.2. The second kappa shape index (κ2) is 7.82. The number of anilines is 1. The molecule has 0 aliphatic carbocycles. The molecule has 2 N–H and O–H groups in total.